The lowest BCUT2D eigenvalue weighted by Crippen LogP contribution is -2.38. The number of aryl methyl sites for hydroxylation is 1. The summed E-state index contributed by atoms with van der Waals surface area (Å²) in [5.41, 5.74) is 0. The van der Waals surface area contributed by atoms with Gasteiger partial charge in [0.1, 0.15) is 12.4 Å². The Labute approximate surface area is 247 Å². The molecule has 0 aromatic carbocycles. The summed E-state index contributed by atoms with van der Waals surface area (Å²) >= 11 is 0. The third kappa shape index (κ3) is 19.0. The molecular formula is C37H73N2+. The van der Waals surface area contributed by atoms with Gasteiger partial charge in [0.15, 0.2) is 0 Å². The Morgan fingerprint density at radius 2 is 0.872 bits per heavy atom. The minimum absolute atomic E-state index is 0.589. The highest BCUT2D eigenvalue weighted by atomic mass is 15.2. The van der Waals surface area contributed by atoms with Crippen LogP contribution in [-0.2, 0) is 6.54 Å². The molecule has 0 N–H and O–H groups in total. The fourth-order valence-electron chi connectivity index (χ4n) is 6.36. The Morgan fingerprint density at radius 1 is 0.513 bits per heavy atom. The second kappa shape index (κ2) is 26.1. The first-order valence-corrected chi connectivity index (χ1v) is 18.2. The molecule has 0 saturated heterocycles. The number of hydrogen-bond donors (Lipinski definition) is 0. The predicted molar refractivity (Wildman–Crippen MR) is 175 cm³/mol. The van der Waals surface area contributed by atoms with E-state index < -0.39 is 0 Å². The SMILES string of the molecule is CCCCCCCCCCCCCCCCCC[n+]1ccn(C(C)CCCCCCCCCCC)c1C(C)C. The van der Waals surface area contributed by atoms with Crippen LogP contribution in [0.15, 0.2) is 12.4 Å². The minimum Gasteiger partial charge on any atom is -0.234 e. The summed E-state index contributed by atoms with van der Waals surface area (Å²) in [7, 11) is 0. The Balaban J connectivity index is 2.10. The van der Waals surface area contributed by atoms with Crippen LogP contribution in [0.25, 0.3) is 0 Å². The van der Waals surface area contributed by atoms with Crippen molar-refractivity contribution >= 4 is 0 Å². The smallest absolute Gasteiger partial charge is 0.234 e. The Hall–Kier alpha value is -0.790. The highest BCUT2D eigenvalue weighted by molar-refractivity contribution is 4.92. The van der Waals surface area contributed by atoms with E-state index in [9.17, 15) is 0 Å². The molecule has 0 radical (unpaired) electrons. The minimum atomic E-state index is 0.589. The van der Waals surface area contributed by atoms with E-state index in [1.807, 2.05) is 0 Å². The zero-order valence-corrected chi connectivity index (χ0v) is 27.8. The fraction of sp³-hybridized carbons (Fsp3) is 0.919. The molecule has 0 aliphatic rings. The van der Waals surface area contributed by atoms with E-state index in [2.05, 4.69) is 56.1 Å². The predicted octanol–water partition coefficient (Wildman–Crippen LogP) is 12.6. The van der Waals surface area contributed by atoms with E-state index in [1.54, 1.807) is 5.82 Å². The maximum Gasteiger partial charge on any atom is 0.259 e. The van der Waals surface area contributed by atoms with Gasteiger partial charge in [0.05, 0.1) is 18.5 Å². The topological polar surface area (TPSA) is 8.81 Å². The fourth-order valence-corrected chi connectivity index (χ4v) is 6.36. The van der Waals surface area contributed by atoms with Crippen LogP contribution >= 0.6 is 0 Å². The van der Waals surface area contributed by atoms with Crippen molar-refractivity contribution in [2.45, 2.75) is 220 Å². The summed E-state index contributed by atoms with van der Waals surface area (Å²) in [6, 6.07) is 0.624. The van der Waals surface area contributed by atoms with Crippen molar-refractivity contribution in [3.05, 3.63) is 18.2 Å². The van der Waals surface area contributed by atoms with Crippen LogP contribution in [0.2, 0.25) is 0 Å². The lowest BCUT2D eigenvalue weighted by atomic mass is 10.0. The second-order valence-corrected chi connectivity index (χ2v) is 13.2. The lowest BCUT2D eigenvalue weighted by molar-refractivity contribution is -0.705. The van der Waals surface area contributed by atoms with Crippen LogP contribution in [0.1, 0.15) is 219 Å². The molecule has 0 fully saturated rings. The van der Waals surface area contributed by atoms with Crippen LogP contribution in [0.3, 0.4) is 0 Å². The molecule has 1 atom stereocenters. The van der Waals surface area contributed by atoms with Crippen molar-refractivity contribution in [2.75, 3.05) is 0 Å². The molecule has 2 heteroatoms. The van der Waals surface area contributed by atoms with Gasteiger partial charge in [-0.05, 0) is 32.6 Å². The third-order valence-electron chi connectivity index (χ3n) is 8.94. The molecule has 1 aromatic heterocycles. The average molecular weight is 546 g/mol. The second-order valence-electron chi connectivity index (χ2n) is 13.2. The van der Waals surface area contributed by atoms with Crippen LogP contribution in [-0.4, -0.2) is 4.57 Å². The zero-order chi connectivity index (χ0) is 28.4. The van der Waals surface area contributed by atoms with Gasteiger partial charge in [0.2, 0.25) is 0 Å². The van der Waals surface area contributed by atoms with Crippen molar-refractivity contribution in [2.24, 2.45) is 0 Å². The molecule has 0 amide bonds. The molecule has 0 aliphatic carbocycles. The van der Waals surface area contributed by atoms with Crippen LogP contribution in [0.4, 0.5) is 0 Å². The Bertz CT molecular complexity index is 631. The maximum absolute atomic E-state index is 2.60. The summed E-state index contributed by atoms with van der Waals surface area (Å²) in [5, 5.41) is 0. The summed E-state index contributed by atoms with van der Waals surface area (Å²) < 4.78 is 5.17. The first-order chi connectivity index (χ1) is 19.1. The van der Waals surface area contributed by atoms with Gasteiger partial charge in [-0.15, -0.1) is 0 Å². The van der Waals surface area contributed by atoms with Gasteiger partial charge < -0.3 is 0 Å². The molecule has 0 spiro atoms. The monoisotopic (exact) mass is 546 g/mol. The molecule has 1 rings (SSSR count). The van der Waals surface area contributed by atoms with Crippen molar-refractivity contribution in [3.63, 3.8) is 0 Å². The van der Waals surface area contributed by atoms with E-state index in [1.165, 1.54) is 173 Å². The molecule has 39 heavy (non-hydrogen) atoms. The highest BCUT2D eigenvalue weighted by Crippen LogP contribution is 2.22. The first kappa shape index (κ1) is 36.2. The van der Waals surface area contributed by atoms with Gasteiger partial charge in [-0.1, -0.05) is 169 Å². The molecule has 1 unspecified atom stereocenters. The van der Waals surface area contributed by atoms with Gasteiger partial charge in [0, 0.05) is 0 Å². The summed E-state index contributed by atoms with van der Waals surface area (Å²) in [5.74, 6) is 2.13. The number of unbranched alkanes of at least 4 members (excludes halogenated alkanes) is 23. The third-order valence-corrected chi connectivity index (χ3v) is 8.94. The standard InChI is InChI=1S/C37H73N2/c1-6-8-10-12-14-16-17-18-19-20-21-22-24-26-28-30-32-38-33-34-39(37(38)35(3)4)36(5)31-29-27-25-23-15-13-11-9-7-2/h33-36H,6-32H2,1-5H3/q+1. The maximum atomic E-state index is 2.60. The zero-order valence-electron chi connectivity index (χ0n) is 27.8. The summed E-state index contributed by atoms with van der Waals surface area (Å²) in [6.45, 7) is 13.0. The van der Waals surface area contributed by atoms with Crippen LogP contribution < -0.4 is 4.57 Å². The van der Waals surface area contributed by atoms with Crippen molar-refractivity contribution < 1.29 is 4.57 Å². The largest absolute Gasteiger partial charge is 0.259 e. The molecule has 1 aromatic rings. The quantitative estimate of drug-likeness (QED) is 0.0699. The van der Waals surface area contributed by atoms with Crippen LogP contribution in [0, 0.1) is 0 Å². The molecule has 0 aliphatic heterocycles. The average Bonchev–Trinajstić information content (AvgIpc) is 3.36. The van der Waals surface area contributed by atoms with Crippen molar-refractivity contribution in [3.8, 4) is 0 Å². The lowest BCUT2D eigenvalue weighted by Gasteiger charge is -2.14. The van der Waals surface area contributed by atoms with E-state index in [-0.39, 0.29) is 0 Å². The molecule has 1 heterocycles. The van der Waals surface area contributed by atoms with E-state index in [0.717, 1.165) is 0 Å². The van der Waals surface area contributed by atoms with E-state index in [4.69, 9.17) is 0 Å². The first-order valence-electron chi connectivity index (χ1n) is 18.2. The normalized spacial score (nSPS) is 12.6. The Kier molecular flexibility index (Phi) is 24.3. The van der Waals surface area contributed by atoms with Crippen molar-refractivity contribution in [1.29, 1.82) is 0 Å². The van der Waals surface area contributed by atoms with Crippen LogP contribution in [0.5, 0.6) is 0 Å². The number of nitrogens with zero attached hydrogens (tertiary/aromatic N) is 2. The van der Waals surface area contributed by atoms with E-state index in [0.29, 0.717) is 12.0 Å². The molecule has 230 valence electrons. The van der Waals surface area contributed by atoms with E-state index >= 15 is 0 Å². The Morgan fingerprint density at radius 3 is 1.26 bits per heavy atom. The highest BCUT2D eigenvalue weighted by Gasteiger charge is 2.23. The van der Waals surface area contributed by atoms with Crippen molar-refractivity contribution in [1.82, 2.24) is 4.57 Å². The van der Waals surface area contributed by atoms with Gasteiger partial charge in [-0.25, -0.2) is 9.13 Å². The molecule has 0 saturated carbocycles. The van der Waals surface area contributed by atoms with Gasteiger partial charge in [-0.2, -0.15) is 0 Å². The number of rotatable bonds is 29. The molecule has 0 bridgehead atoms. The molecule has 2 nitrogen and oxygen atoms in total. The molecular weight excluding hydrogens is 472 g/mol. The summed E-state index contributed by atoms with van der Waals surface area (Å²) in [4.78, 5) is 0. The van der Waals surface area contributed by atoms with Gasteiger partial charge >= 0.3 is 0 Å². The summed E-state index contributed by atoms with van der Waals surface area (Å²) in [6.07, 6.45) is 41.9. The number of aromatic nitrogens is 2. The number of imidazole rings is 1. The number of hydrogen-bond acceptors (Lipinski definition) is 0. The van der Waals surface area contributed by atoms with Gasteiger partial charge in [-0.3, -0.25) is 0 Å². The van der Waals surface area contributed by atoms with Gasteiger partial charge in [0.25, 0.3) is 5.82 Å².